The summed E-state index contributed by atoms with van der Waals surface area (Å²) in [5.74, 6) is -0.427. The van der Waals surface area contributed by atoms with Gasteiger partial charge in [0.2, 0.25) is 5.95 Å². The molecule has 1 saturated carbocycles. The van der Waals surface area contributed by atoms with Gasteiger partial charge in [-0.25, -0.2) is 4.98 Å². The molecule has 0 amide bonds. The van der Waals surface area contributed by atoms with Crippen LogP contribution in [0.4, 0.5) is 10.1 Å². The molecule has 0 radical (unpaired) electrons. The number of anilines is 1. The number of pyridine rings is 1. The zero-order valence-corrected chi connectivity index (χ0v) is 6.97. The number of nitrogens with zero attached hydrogens (tertiary/aromatic N) is 1. The summed E-state index contributed by atoms with van der Waals surface area (Å²) in [5, 5.41) is 3.25. The summed E-state index contributed by atoms with van der Waals surface area (Å²) in [5.41, 5.74) is 1.02. The lowest BCUT2D eigenvalue weighted by Crippen LogP contribution is -2.15. The summed E-state index contributed by atoms with van der Waals surface area (Å²) in [7, 11) is 0. The molecule has 0 aliphatic heterocycles. The van der Waals surface area contributed by atoms with E-state index in [0.29, 0.717) is 0 Å². The minimum atomic E-state index is -0.427. The van der Waals surface area contributed by atoms with Gasteiger partial charge in [0.1, 0.15) is 0 Å². The highest BCUT2D eigenvalue weighted by molar-refractivity contribution is 5.45. The van der Waals surface area contributed by atoms with E-state index in [9.17, 15) is 4.39 Å². The lowest BCUT2D eigenvalue weighted by atomic mass is 10.3. The van der Waals surface area contributed by atoms with Crippen molar-refractivity contribution in [3.63, 3.8) is 0 Å². The molecule has 1 heterocycles. The number of nitrogens with one attached hydrogen (secondary N) is 1. The molecule has 0 aromatic carbocycles. The molecule has 1 aromatic heterocycles. The van der Waals surface area contributed by atoms with Crippen molar-refractivity contribution in [1.82, 2.24) is 4.98 Å². The second-order valence-corrected chi connectivity index (χ2v) is 3.55. The van der Waals surface area contributed by atoms with Gasteiger partial charge in [-0.05, 0) is 25.8 Å². The van der Waals surface area contributed by atoms with Crippen LogP contribution in [0, 0.1) is 5.95 Å². The van der Waals surface area contributed by atoms with Crippen molar-refractivity contribution >= 4 is 5.69 Å². The highest BCUT2D eigenvalue weighted by atomic mass is 19.1. The molecular weight excluding hydrogens is 155 g/mol. The van der Waals surface area contributed by atoms with Crippen molar-refractivity contribution < 1.29 is 4.39 Å². The fourth-order valence-electron chi connectivity index (χ4n) is 1.14. The second kappa shape index (κ2) is 2.44. The molecule has 12 heavy (non-hydrogen) atoms. The van der Waals surface area contributed by atoms with E-state index < -0.39 is 5.95 Å². The van der Waals surface area contributed by atoms with Crippen LogP contribution in [-0.4, -0.2) is 10.5 Å². The summed E-state index contributed by atoms with van der Waals surface area (Å²) in [6, 6.07) is 3.20. The molecule has 2 rings (SSSR count). The zero-order chi connectivity index (χ0) is 8.60. The standard InChI is InChI=1S/C9H11FN2/c1-9(3-4-9)12-7-2-5-11-8(10)6-7/h2,5-6H,3-4H2,1H3,(H,11,12). The third kappa shape index (κ3) is 1.55. The molecule has 3 heteroatoms. The maximum Gasteiger partial charge on any atom is 0.214 e. The van der Waals surface area contributed by atoms with Crippen molar-refractivity contribution in [2.24, 2.45) is 0 Å². The van der Waals surface area contributed by atoms with Gasteiger partial charge in [0.15, 0.2) is 0 Å². The molecule has 0 unspecified atom stereocenters. The second-order valence-electron chi connectivity index (χ2n) is 3.55. The molecule has 0 bridgehead atoms. The lowest BCUT2D eigenvalue weighted by Gasteiger charge is -2.12. The van der Waals surface area contributed by atoms with Gasteiger partial charge < -0.3 is 5.32 Å². The fraction of sp³-hybridized carbons (Fsp3) is 0.444. The molecule has 1 aliphatic carbocycles. The van der Waals surface area contributed by atoms with Gasteiger partial charge in [0, 0.05) is 23.5 Å². The van der Waals surface area contributed by atoms with Gasteiger partial charge in [-0.2, -0.15) is 4.39 Å². The van der Waals surface area contributed by atoms with E-state index in [1.165, 1.54) is 12.3 Å². The fourth-order valence-corrected chi connectivity index (χ4v) is 1.14. The maximum atomic E-state index is 12.6. The smallest absolute Gasteiger partial charge is 0.214 e. The van der Waals surface area contributed by atoms with E-state index in [1.54, 1.807) is 6.07 Å². The van der Waals surface area contributed by atoms with Crippen LogP contribution in [0.1, 0.15) is 19.8 Å². The van der Waals surface area contributed by atoms with Crippen LogP contribution in [-0.2, 0) is 0 Å². The van der Waals surface area contributed by atoms with Gasteiger partial charge in [0.25, 0.3) is 0 Å². The van der Waals surface area contributed by atoms with E-state index in [4.69, 9.17) is 0 Å². The molecule has 1 N–H and O–H groups in total. The monoisotopic (exact) mass is 166 g/mol. The molecule has 1 aromatic rings. The van der Waals surface area contributed by atoms with Crippen LogP contribution in [0.5, 0.6) is 0 Å². The molecule has 0 atom stereocenters. The molecule has 1 aliphatic rings. The van der Waals surface area contributed by atoms with Gasteiger partial charge in [-0.3, -0.25) is 0 Å². The van der Waals surface area contributed by atoms with Crippen molar-refractivity contribution in [2.45, 2.75) is 25.3 Å². The van der Waals surface area contributed by atoms with Crippen LogP contribution in [0.25, 0.3) is 0 Å². The molecular formula is C9H11FN2. The predicted molar refractivity (Wildman–Crippen MR) is 45.5 cm³/mol. The van der Waals surface area contributed by atoms with E-state index in [0.717, 1.165) is 18.5 Å². The topological polar surface area (TPSA) is 24.9 Å². The Morgan fingerprint density at radius 2 is 2.33 bits per heavy atom. The van der Waals surface area contributed by atoms with E-state index >= 15 is 0 Å². The Morgan fingerprint density at radius 1 is 1.58 bits per heavy atom. The van der Waals surface area contributed by atoms with Gasteiger partial charge >= 0.3 is 0 Å². The largest absolute Gasteiger partial charge is 0.380 e. The number of rotatable bonds is 2. The molecule has 2 nitrogen and oxygen atoms in total. The van der Waals surface area contributed by atoms with E-state index in [2.05, 4.69) is 17.2 Å². The molecule has 0 spiro atoms. The molecule has 64 valence electrons. The number of hydrogen-bond acceptors (Lipinski definition) is 2. The van der Waals surface area contributed by atoms with Crippen LogP contribution >= 0.6 is 0 Å². The number of halogens is 1. The third-order valence-corrected chi connectivity index (χ3v) is 2.17. The van der Waals surface area contributed by atoms with Crippen molar-refractivity contribution in [3.05, 3.63) is 24.3 Å². The van der Waals surface area contributed by atoms with Crippen molar-refractivity contribution in [3.8, 4) is 0 Å². The van der Waals surface area contributed by atoms with Crippen LogP contribution in [0.3, 0.4) is 0 Å². The highest BCUT2D eigenvalue weighted by Gasteiger charge is 2.36. The average Bonchev–Trinajstić information content (AvgIpc) is 2.67. The number of aromatic nitrogens is 1. The van der Waals surface area contributed by atoms with Crippen LogP contribution in [0.15, 0.2) is 18.3 Å². The van der Waals surface area contributed by atoms with Crippen molar-refractivity contribution in [2.75, 3.05) is 5.32 Å². The first-order valence-electron chi connectivity index (χ1n) is 4.08. The normalized spacial score (nSPS) is 18.8. The Morgan fingerprint density at radius 3 is 2.92 bits per heavy atom. The van der Waals surface area contributed by atoms with E-state index in [-0.39, 0.29) is 5.54 Å². The zero-order valence-electron chi connectivity index (χ0n) is 6.97. The van der Waals surface area contributed by atoms with Crippen LogP contribution in [0.2, 0.25) is 0 Å². The minimum absolute atomic E-state index is 0.202. The van der Waals surface area contributed by atoms with Crippen molar-refractivity contribution in [1.29, 1.82) is 0 Å². The highest BCUT2D eigenvalue weighted by Crippen LogP contribution is 2.37. The first-order chi connectivity index (χ1) is 5.68. The predicted octanol–water partition coefficient (Wildman–Crippen LogP) is 2.19. The van der Waals surface area contributed by atoms with Gasteiger partial charge in [0.05, 0.1) is 0 Å². The Balaban J connectivity index is 2.12. The third-order valence-electron chi connectivity index (χ3n) is 2.17. The van der Waals surface area contributed by atoms with Crippen LogP contribution < -0.4 is 5.32 Å². The summed E-state index contributed by atoms with van der Waals surface area (Å²) in [6.45, 7) is 2.13. The first-order valence-corrected chi connectivity index (χ1v) is 4.08. The Labute approximate surface area is 70.8 Å². The maximum absolute atomic E-state index is 12.6. The number of hydrogen-bond donors (Lipinski definition) is 1. The Bertz CT molecular complexity index is 294. The SMILES string of the molecule is CC1(Nc2ccnc(F)c2)CC1. The molecule has 1 fully saturated rings. The Hall–Kier alpha value is -1.12. The minimum Gasteiger partial charge on any atom is -0.380 e. The quantitative estimate of drug-likeness (QED) is 0.681. The molecule has 0 saturated heterocycles. The average molecular weight is 166 g/mol. The van der Waals surface area contributed by atoms with Gasteiger partial charge in [-0.15, -0.1) is 0 Å². The summed E-state index contributed by atoms with van der Waals surface area (Å²) >= 11 is 0. The van der Waals surface area contributed by atoms with E-state index in [1.807, 2.05) is 0 Å². The first kappa shape index (κ1) is 7.53. The summed E-state index contributed by atoms with van der Waals surface area (Å²) < 4.78 is 12.6. The Kier molecular flexibility index (Phi) is 1.53. The van der Waals surface area contributed by atoms with Gasteiger partial charge in [-0.1, -0.05) is 0 Å². The summed E-state index contributed by atoms with van der Waals surface area (Å²) in [4.78, 5) is 3.48. The summed E-state index contributed by atoms with van der Waals surface area (Å²) in [6.07, 6.45) is 3.80. The lowest BCUT2D eigenvalue weighted by molar-refractivity contribution is 0.584.